The number of rotatable bonds is 36. The average molecular weight is 1060 g/mol. The summed E-state index contributed by atoms with van der Waals surface area (Å²) in [7, 11) is -2.88. The molecule has 6 N–H and O–H groups in total. The average Bonchev–Trinajstić information content (AvgIpc) is 3.39. The molecule has 0 heterocycles. The van der Waals surface area contributed by atoms with Crippen LogP contribution >= 0.6 is 0 Å². The number of hydrogen-bond donors (Lipinski definition) is 6. The Bertz CT molecular complexity index is 2440. The summed E-state index contributed by atoms with van der Waals surface area (Å²) in [5, 5.41) is 17.0. The van der Waals surface area contributed by atoms with E-state index in [1.165, 1.54) is 12.5 Å². The van der Waals surface area contributed by atoms with E-state index < -0.39 is 21.0 Å². The summed E-state index contributed by atoms with van der Waals surface area (Å²) in [6.45, 7) is 16.4. The first-order valence-corrected chi connectivity index (χ1v) is 28.0. The molecule has 76 heavy (non-hydrogen) atoms. The summed E-state index contributed by atoms with van der Waals surface area (Å²) in [6, 6.07) is 30.4. The lowest BCUT2D eigenvalue weighted by molar-refractivity contribution is 0.0694. The molecule has 4 aromatic carbocycles. The molecule has 4 rings (SSSR count). The third-order valence-electron chi connectivity index (χ3n) is 11.3. The lowest BCUT2D eigenvalue weighted by Crippen LogP contribution is -2.46. The quantitative estimate of drug-likeness (QED) is 0.0109. The van der Waals surface area contributed by atoms with Crippen LogP contribution in [-0.2, 0) is 45.1 Å². The van der Waals surface area contributed by atoms with Gasteiger partial charge in [0.1, 0.15) is 13.2 Å². The van der Waals surface area contributed by atoms with Crippen molar-refractivity contribution in [1.82, 2.24) is 10.6 Å². The Kier molecular flexibility index (Phi) is 29.4. The van der Waals surface area contributed by atoms with Gasteiger partial charge in [-0.25, -0.2) is 19.2 Å². The molecule has 1 unspecified atom stereocenters. The van der Waals surface area contributed by atoms with Crippen LogP contribution < -0.4 is 31.9 Å². The first-order valence-electron chi connectivity index (χ1n) is 26.1. The Morgan fingerprint density at radius 1 is 0.539 bits per heavy atom. The normalized spacial score (nSPS) is 11.6. The number of urea groups is 2. The molecule has 0 aliphatic heterocycles. The van der Waals surface area contributed by atoms with E-state index >= 15 is 0 Å². The fourth-order valence-corrected chi connectivity index (χ4v) is 10.7. The van der Waals surface area contributed by atoms with Crippen molar-refractivity contribution >= 4 is 55.8 Å². The molecule has 0 radical (unpaired) electrons. The second-order valence-corrected chi connectivity index (χ2v) is 20.0. The molecular weight excluding hydrogens is 985 g/mol. The van der Waals surface area contributed by atoms with Gasteiger partial charge in [0.25, 0.3) is 0 Å². The van der Waals surface area contributed by atoms with Crippen molar-refractivity contribution in [3.63, 3.8) is 0 Å². The number of carbonyl (C=O) groups excluding carboxylic acids is 4. The van der Waals surface area contributed by atoms with Gasteiger partial charge in [-0.05, 0) is 149 Å². The molecule has 0 bridgehead atoms. The van der Waals surface area contributed by atoms with Crippen molar-refractivity contribution in [2.24, 2.45) is 5.92 Å². The first kappa shape index (κ1) is 61.2. The highest BCUT2D eigenvalue weighted by atomic mass is 28.4. The number of amides is 6. The highest BCUT2D eigenvalue weighted by Crippen LogP contribution is 2.27. The molecular formula is C58H78N6O11Si. The van der Waals surface area contributed by atoms with Gasteiger partial charge in [-0.2, -0.15) is 0 Å². The topological polar surface area (TPSA) is 205 Å². The molecule has 6 amide bonds. The van der Waals surface area contributed by atoms with Crippen LogP contribution in [0.5, 0.6) is 0 Å². The minimum absolute atomic E-state index is 0.0922. The van der Waals surface area contributed by atoms with Crippen LogP contribution in [0.15, 0.2) is 147 Å². The van der Waals surface area contributed by atoms with E-state index in [-0.39, 0.29) is 31.2 Å². The maximum atomic E-state index is 12.8. The molecule has 1 atom stereocenters. The van der Waals surface area contributed by atoms with Gasteiger partial charge in [0.05, 0.1) is 25.7 Å². The van der Waals surface area contributed by atoms with Gasteiger partial charge >= 0.3 is 33.1 Å². The van der Waals surface area contributed by atoms with Crippen molar-refractivity contribution in [3.05, 3.63) is 169 Å². The lowest BCUT2D eigenvalue weighted by atomic mass is 9.96. The highest BCUT2D eigenvalue weighted by Gasteiger charge is 2.40. The van der Waals surface area contributed by atoms with Crippen LogP contribution in [0.25, 0.3) is 0 Å². The third kappa shape index (κ3) is 25.7. The summed E-state index contributed by atoms with van der Waals surface area (Å²) >= 11 is 0. The number of anilines is 4. The molecule has 410 valence electrons. The van der Waals surface area contributed by atoms with Gasteiger partial charge in [-0.1, -0.05) is 86.0 Å². The number of nitrogens with one attached hydrogen (secondary N) is 6. The monoisotopic (exact) mass is 1060 g/mol. The number of allylic oxidation sites excluding steroid dienone is 2. The van der Waals surface area contributed by atoms with Crippen molar-refractivity contribution in [2.45, 2.75) is 78.2 Å². The predicted molar refractivity (Wildman–Crippen MR) is 303 cm³/mol. The predicted octanol–water partition coefficient (Wildman–Crippen LogP) is 12.3. The highest BCUT2D eigenvalue weighted by molar-refractivity contribution is 6.60. The Hall–Kier alpha value is -7.38. The van der Waals surface area contributed by atoms with Gasteiger partial charge in [0.2, 0.25) is 0 Å². The zero-order chi connectivity index (χ0) is 54.5. The van der Waals surface area contributed by atoms with E-state index in [2.05, 4.69) is 45.1 Å². The number of hydrogen-bond acceptors (Lipinski definition) is 11. The van der Waals surface area contributed by atoms with Gasteiger partial charge in [0.15, 0.2) is 0 Å². The lowest BCUT2D eigenvalue weighted by Gasteiger charge is -2.29. The molecule has 17 nitrogen and oxygen atoms in total. The van der Waals surface area contributed by atoms with Crippen molar-refractivity contribution in [3.8, 4) is 0 Å². The van der Waals surface area contributed by atoms with Crippen molar-refractivity contribution in [1.29, 1.82) is 0 Å². The van der Waals surface area contributed by atoms with Gasteiger partial charge < -0.3 is 53.5 Å². The minimum atomic E-state index is -2.88. The third-order valence-corrected chi connectivity index (χ3v) is 14.4. The first-order chi connectivity index (χ1) is 37.0. The largest absolute Gasteiger partial charge is 0.502 e. The Morgan fingerprint density at radius 2 is 0.947 bits per heavy atom. The zero-order valence-corrected chi connectivity index (χ0v) is 45.4. The smallest absolute Gasteiger partial charge is 0.500 e. The molecule has 0 saturated carbocycles. The fourth-order valence-electron chi connectivity index (χ4n) is 7.93. The van der Waals surface area contributed by atoms with Crippen molar-refractivity contribution in [2.75, 3.05) is 80.6 Å². The van der Waals surface area contributed by atoms with Crippen LogP contribution in [0.2, 0.25) is 6.04 Å². The second-order valence-electron chi connectivity index (χ2n) is 17.3. The van der Waals surface area contributed by atoms with E-state index in [1.807, 2.05) is 130 Å². The molecule has 0 spiro atoms. The molecule has 4 aromatic rings. The SMILES string of the molecule is C=COCCCNC(=O)Nc1cccc(Cc2cccc(NC(=O)OC/C=C/CCC(C/C=C/COC(=O)Nc3cccc(Cc4cccc(NC(=O)NCCCOC=C)c4)c3)CC[Si](OCC)(OCC)OCC)c2)c1. The van der Waals surface area contributed by atoms with Crippen LogP contribution in [-0.4, -0.2) is 92.4 Å². The molecule has 0 aliphatic rings. The summed E-state index contributed by atoms with van der Waals surface area (Å²) in [5.41, 5.74) is 6.48. The van der Waals surface area contributed by atoms with Crippen LogP contribution in [0, 0.1) is 5.92 Å². The molecule has 0 aromatic heterocycles. The van der Waals surface area contributed by atoms with Crippen molar-refractivity contribution < 1.29 is 51.4 Å². The van der Waals surface area contributed by atoms with Gasteiger partial charge in [-0.15, -0.1) is 0 Å². The van der Waals surface area contributed by atoms with E-state index in [1.54, 1.807) is 12.1 Å². The fraction of sp³-hybridized carbons (Fsp3) is 0.379. The number of carbonyl (C=O) groups is 4. The minimum Gasteiger partial charge on any atom is -0.502 e. The van der Waals surface area contributed by atoms with E-state index in [4.69, 9.17) is 32.2 Å². The molecule has 0 fully saturated rings. The Labute approximate surface area is 450 Å². The van der Waals surface area contributed by atoms with Crippen LogP contribution in [0.1, 0.15) is 81.5 Å². The molecule has 0 aliphatic carbocycles. The summed E-state index contributed by atoms with van der Waals surface area (Å²) in [4.78, 5) is 50.3. The van der Waals surface area contributed by atoms with E-state index in [9.17, 15) is 19.2 Å². The van der Waals surface area contributed by atoms with Gasteiger partial charge in [-0.3, -0.25) is 10.6 Å². The standard InChI is InChI=1S/C58H78N6O11Si/c1-6-69-35-20-33-59-55(65)61-51-28-16-24-47(42-51)40-49-26-18-30-53(44-49)63-57(67)71-37-14-11-12-22-46(32-39-76(73-8-3,74-9-4)75-10-5)23-13-15-38-72-58(68)64-54-31-19-27-50(45-54)41-48-25-17-29-52(43-48)62-56(66)60-34-21-36-70-7-2/h6-7,11,13-19,24-31,42-46H,1-2,8-10,12,20-23,32-41H2,3-5H3,(H,63,67)(H,64,68)(H2,59,61,65)(H2,60,62,66)/b14-11+,15-13+. The van der Waals surface area contributed by atoms with Crippen LogP contribution in [0.4, 0.5) is 41.9 Å². The summed E-state index contributed by atoms with van der Waals surface area (Å²) in [6.07, 6.45) is 15.0. The zero-order valence-electron chi connectivity index (χ0n) is 44.4. The Balaban J connectivity index is 1.23. The molecule has 0 saturated heterocycles. The number of ether oxygens (including phenoxy) is 4. The van der Waals surface area contributed by atoms with Gasteiger partial charge in [0, 0.05) is 61.7 Å². The Morgan fingerprint density at radius 3 is 1.36 bits per heavy atom. The maximum absolute atomic E-state index is 12.8. The number of benzene rings is 4. The maximum Gasteiger partial charge on any atom is 0.500 e. The molecule has 18 heteroatoms. The van der Waals surface area contributed by atoms with Crippen LogP contribution in [0.3, 0.4) is 0 Å². The van der Waals surface area contributed by atoms with E-state index in [0.717, 1.165) is 47.9 Å². The summed E-state index contributed by atoms with van der Waals surface area (Å²) < 4.78 is 39.6. The van der Waals surface area contributed by atoms with E-state index in [0.29, 0.717) is 101 Å². The second kappa shape index (κ2) is 36.5. The summed E-state index contributed by atoms with van der Waals surface area (Å²) in [5.74, 6) is 0.236.